The number of nitrogens with zero attached hydrogens (tertiary/aromatic N) is 2. The Bertz CT molecular complexity index is 713. The Balaban J connectivity index is 1.73. The van der Waals surface area contributed by atoms with Crippen molar-refractivity contribution in [2.45, 2.75) is 32.8 Å². The summed E-state index contributed by atoms with van der Waals surface area (Å²) >= 11 is 1.52. The Kier molecular flexibility index (Phi) is 5.31. The van der Waals surface area contributed by atoms with E-state index in [4.69, 9.17) is 4.74 Å². The Hall–Kier alpha value is -1.72. The van der Waals surface area contributed by atoms with Gasteiger partial charge in [0.1, 0.15) is 5.69 Å². The molecule has 128 valence electrons. The zero-order chi connectivity index (χ0) is 17.1. The van der Waals surface area contributed by atoms with Crippen LogP contribution in [0.25, 0.3) is 0 Å². The van der Waals surface area contributed by atoms with E-state index in [0.717, 1.165) is 30.9 Å². The zero-order valence-corrected chi connectivity index (χ0v) is 15.3. The average Bonchev–Trinajstić information content (AvgIpc) is 3.00. The van der Waals surface area contributed by atoms with Gasteiger partial charge in [-0.1, -0.05) is 29.8 Å². The van der Waals surface area contributed by atoms with E-state index in [1.165, 1.54) is 22.5 Å². The van der Waals surface area contributed by atoms with Crippen LogP contribution in [0.1, 0.15) is 33.0 Å². The van der Waals surface area contributed by atoms with Gasteiger partial charge in [0.15, 0.2) is 0 Å². The van der Waals surface area contributed by atoms with Crippen LogP contribution in [0.3, 0.4) is 0 Å². The highest BCUT2D eigenvalue weighted by Crippen LogP contribution is 2.25. The van der Waals surface area contributed by atoms with E-state index in [9.17, 15) is 4.79 Å². The van der Waals surface area contributed by atoms with Crippen LogP contribution >= 0.6 is 11.3 Å². The number of carbonyl (C=O) groups is 1. The number of piperidine rings is 1. The fourth-order valence-corrected chi connectivity index (χ4v) is 4.05. The van der Waals surface area contributed by atoms with Gasteiger partial charge in [-0.2, -0.15) is 0 Å². The summed E-state index contributed by atoms with van der Waals surface area (Å²) in [6.45, 7) is 5.50. The predicted octanol–water partition coefficient (Wildman–Crippen LogP) is 3.48. The molecule has 5 heteroatoms. The molecule has 1 fully saturated rings. The first-order valence-electron chi connectivity index (χ1n) is 8.36. The third-order valence-electron chi connectivity index (χ3n) is 4.67. The highest BCUT2D eigenvalue weighted by Gasteiger charge is 2.32. The number of carbonyl (C=O) groups excluding carboxylic acids is 1. The van der Waals surface area contributed by atoms with Gasteiger partial charge < -0.3 is 9.64 Å². The molecule has 0 saturated carbocycles. The van der Waals surface area contributed by atoms with Crippen molar-refractivity contribution in [3.63, 3.8) is 0 Å². The van der Waals surface area contributed by atoms with E-state index in [2.05, 4.69) is 36.2 Å². The van der Waals surface area contributed by atoms with Crippen molar-refractivity contribution < 1.29 is 9.53 Å². The highest BCUT2D eigenvalue weighted by molar-refractivity contribution is 7.09. The van der Waals surface area contributed by atoms with Gasteiger partial charge in [-0.15, -0.1) is 11.3 Å². The number of benzene rings is 1. The maximum absolute atomic E-state index is 12.7. The second-order valence-corrected chi connectivity index (χ2v) is 7.58. The quantitative estimate of drug-likeness (QED) is 0.853. The average molecular weight is 344 g/mol. The minimum Gasteiger partial charge on any atom is -0.381 e. The fourth-order valence-electron chi connectivity index (χ4n) is 3.47. The SMILES string of the molecule is CO[C@H]1CCN(C(=O)c2csc(C)n2)C[C@H]1Cc1cccc(C)c1. The number of rotatable bonds is 4. The molecule has 4 nitrogen and oxygen atoms in total. The fraction of sp³-hybridized carbons (Fsp3) is 0.474. The van der Waals surface area contributed by atoms with Crippen molar-refractivity contribution in [1.82, 2.24) is 9.88 Å². The molecule has 0 radical (unpaired) electrons. The van der Waals surface area contributed by atoms with Crippen LogP contribution < -0.4 is 0 Å². The molecule has 1 saturated heterocycles. The molecule has 0 N–H and O–H groups in total. The Morgan fingerprint density at radius 1 is 1.42 bits per heavy atom. The van der Waals surface area contributed by atoms with Gasteiger partial charge in [-0.3, -0.25) is 4.79 Å². The molecule has 2 atom stereocenters. The van der Waals surface area contributed by atoms with Crippen LogP contribution in [0, 0.1) is 19.8 Å². The van der Waals surface area contributed by atoms with E-state index in [0.29, 0.717) is 11.6 Å². The van der Waals surface area contributed by atoms with Crippen LogP contribution in [0.15, 0.2) is 29.6 Å². The monoisotopic (exact) mass is 344 g/mol. The lowest BCUT2D eigenvalue weighted by Crippen LogP contribution is -2.47. The summed E-state index contributed by atoms with van der Waals surface area (Å²) in [5.74, 6) is 0.359. The Morgan fingerprint density at radius 3 is 2.92 bits per heavy atom. The first-order valence-corrected chi connectivity index (χ1v) is 9.24. The van der Waals surface area contributed by atoms with Crippen molar-refractivity contribution in [3.8, 4) is 0 Å². The number of aromatic nitrogens is 1. The number of hydrogen-bond acceptors (Lipinski definition) is 4. The number of aryl methyl sites for hydroxylation is 2. The molecule has 0 bridgehead atoms. The van der Waals surface area contributed by atoms with Crippen LogP contribution in [0.2, 0.25) is 0 Å². The summed E-state index contributed by atoms with van der Waals surface area (Å²) in [5, 5.41) is 2.79. The summed E-state index contributed by atoms with van der Waals surface area (Å²) in [4.78, 5) is 19.0. The molecule has 1 aliphatic heterocycles. The Labute approximate surface area is 147 Å². The lowest BCUT2D eigenvalue weighted by atomic mass is 9.88. The molecule has 0 aliphatic carbocycles. The van der Waals surface area contributed by atoms with Crippen molar-refractivity contribution in [3.05, 3.63) is 51.5 Å². The Morgan fingerprint density at radius 2 is 2.25 bits per heavy atom. The molecule has 3 rings (SSSR count). The van der Waals surface area contributed by atoms with E-state index < -0.39 is 0 Å². The van der Waals surface area contributed by atoms with E-state index >= 15 is 0 Å². The number of methoxy groups -OCH3 is 1. The highest BCUT2D eigenvalue weighted by atomic mass is 32.1. The van der Waals surface area contributed by atoms with Gasteiger partial charge >= 0.3 is 0 Å². The van der Waals surface area contributed by atoms with Crippen molar-refractivity contribution in [1.29, 1.82) is 0 Å². The predicted molar refractivity (Wildman–Crippen MR) is 96.5 cm³/mol. The lowest BCUT2D eigenvalue weighted by molar-refractivity contribution is -0.00315. The first kappa shape index (κ1) is 17.1. The van der Waals surface area contributed by atoms with E-state index in [-0.39, 0.29) is 12.0 Å². The van der Waals surface area contributed by atoms with Crippen LogP contribution in [0.4, 0.5) is 0 Å². The molecule has 1 aromatic carbocycles. The number of hydrogen-bond donors (Lipinski definition) is 0. The molecule has 24 heavy (non-hydrogen) atoms. The number of likely N-dealkylation sites (tertiary alicyclic amines) is 1. The summed E-state index contributed by atoms with van der Waals surface area (Å²) < 4.78 is 5.69. The summed E-state index contributed by atoms with van der Waals surface area (Å²) in [6.07, 6.45) is 2.01. The zero-order valence-electron chi connectivity index (χ0n) is 14.5. The van der Waals surface area contributed by atoms with Crippen molar-refractivity contribution in [2.75, 3.05) is 20.2 Å². The molecule has 2 aromatic rings. The van der Waals surface area contributed by atoms with Gasteiger partial charge in [0.2, 0.25) is 0 Å². The van der Waals surface area contributed by atoms with Crippen LogP contribution in [0.5, 0.6) is 0 Å². The third kappa shape index (κ3) is 3.84. The topological polar surface area (TPSA) is 42.4 Å². The van der Waals surface area contributed by atoms with Crippen molar-refractivity contribution >= 4 is 17.2 Å². The summed E-state index contributed by atoms with van der Waals surface area (Å²) in [5.41, 5.74) is 3.15. The van der Waals surface area contributed by atoms with Gasteiger partial charge in [-0.25, -0.2) is 4.98 Å². The van der Waals surface area contributed by atoms with Gasteiger partial charge in [0, 0.05) is 31.5 Å². The van der Waals surface area contributed by atoms with Crippen LogP contribution in [-0.4, -0.2) is 42.1 Å². The van der Waals surface area contributed by atoms with Gasteiger partial charge in [0.25, 0.3) is 5.91 Å². The molecule has 1 aromatic heterocycles. The number of ether oxygens (including phenoxy) is 1. The summed E-state index contributed by atoms with van der Waals surface area (Å²) in [7, 11) is 1.77. The molecule has 0 spiro atoms. The first-order chi connectivity index (χ1) is 11.6. The molecular weight excluding hydrogens is 320 g/mol. The third-order valence-corrected chi connectivity index (χ3v) is 5.45. The minimum atomic E-state index is 0.0446. The molecule has 0 unspecified atom stereocenters. The smallest absolute Gasteiger partial charge is 0.273 e. The maximum Gasteiger partial charge on any atom is 0.273 e. The maximum atomic E-state index is 12.7. The van der Waals surface area contributed by atoms with E-state index in [1.54, 1.807) is 7.11 Å². The van der Waals surface area contributed by atoms with Crippen LogP contribution in [-0.2, 0) is 11.2 Å². The minimum absolute atomic E-state index is 0.0446. The normalized spacial score (nSPS) is 21.0. The standard InChI is InChI=1S/C19H24N2O2S/c1-13-5-4-6-15(9-13)10-16-11-21(8-7-18(16)23-3)19(22)17-12-24-14(2)20-17/h4-6,9,12,16,18H,7-8,10-11H2,1-3H3/t16-,18+/m1/s1. The summed E-state index contributed by atoms with van der Waals surface area (Å²) in [6, 6.07) is 8.58. The van der Waals surface area contributed by atoms with E-state index in [1.807, 2.05) is 17.2 Å². The van der Waals surface area contributed by atoms with Gasteiger partial charge in [0.05, 0.1) is 11.1 Å². The van der Waals surface area contributed by atoms with Gasteiger partial charge in [-0.05, 0) is 32.3 Å². The molecule has 1 amide bonds. The molecular formula is C19H24N2O2S. The molecule has 2 heterocycles. The van der Waals surface area contributed by atoms with Crippen molar-refractivity contribution in [2.24, 2.45) is 5.92 Å². The molecule has 1 aliphatic rings. The number of amides is 1. The second-order valence-electron chi connectivity index (χ2n) is 6.52. The number of thiazole rings is 1. The largest absolute Gasteiger partial charge is 0.381 e. The second kappa shape index (κ2) is 7.45. The lowest BCUT2D eigenvalue weighted by Gasteiger charge is -2.37.